The maximum atomic E-state index is 5.57. The predicted octanol–water partition coefficient (Wildman–Crippen LogP) is 2.59. The fourth-order valence-corrected chi connectivity index (χ4v) is 2.42. The molecule has 23 heavy (non-hydrogen) atoms. The lowest BCUT2D eigenvalue weighted by Gasteiger charge is -2.14. The van der Waals surface area contributed by atoms with Gasteiger partial charge in [0, 0.05) is 18.3 Å². The Bertz CT molecular complexity index is 834. The molecule has 0 unspecified atom stereocenters. The van der Waals surface area contributed by atoms with Gasteiger partial charge in [0.15, 0.2) is 11.5 Å². The first-order valence-electron chi connectivity index (χ1n) is 7.47. The molecule has 0 aliphatic rings. The number of nitrogens with one attached hydrogen (secondary N) is 1. The van der Waals surface area contributed by atoms with Gasteiger partial charge in [-0.15, -0.1) is 16.6 Å². The van der Waals surface area contributed by atoms with E-state index in [9.17, 15) is 0 Å². The van der Waals surface area contributed by atoms with E-state index in [0.717, 1.165) is 22.8 Å². The Morgan fingerprint density at radius 3 is 2.91 bits per heavy atom. The SMILES string of the molecule is C#CCOc1ccccc1CN[C@H](C)c1nnc2ccccn12. The van der Waals surface area contributed by atoms with Gasteiger partial charge in [0.05, 0.1) is 6.04 Å². The average Bonchev–Trinajstić information content (AvgIpc) is 3.02. The van der Waals surface area contributed by atoms with E-state index in [-0.39, 0.29) is 12.6 Å². The molecule has 1 atom stereocenters. The summed E-state index contributed by atoms with van der Waals surface area (Å²) in [4.78, 5) is 0. The van der Waals surface area contributed by atoms with Crippen molar-refractivity contribution in [1.82, 2.24) is 19.9 Å². The van der Waals surface area contributed by atoms with Gasteiger partial charge in [0.1, 0.15) is 12.4 Å². The number of pyridine rings is 1. The van der Waals surface area contributed by atoms with Crippen molar-refractivity contribution in [1.29, 1.82) is 0 Å². The van der Waals surface area contributed by atoms with Gasteiger partial charge in [-0.3, -0.25) is 4.40 Å². The lowest BCUT2D eigenvalue weighted by atomic mass is 10.2. The first-order chi connectivity index (χ1) is 11.3. The van der Waals surface area contributed by atoms with Crippen molar-refractivity contribution in [2.75, 3.05) is 6.61 Å². The van der Waals surface area contributed by atoms with Crippen LogP contribution in [-0.2, 0) is 6.54 Å². The fraction of sp³-hybridized carbons (Fsp3) is 0.222. The maximum Gasteiger partial charge on any atom is 0.160 e. The summed E-state index contributed by atoms with van der Waals surface area (Å²) in [6.45, 7) is 2.99. The van der Waals surface area contributed by atoms with Gasteiger partial charge < -0.3 is 10.1 Å². The highest BCUT2D eigenvalue weighted by Crippen LogP contribution is 2.19. The lowest BCUT2D eigenvalue weighted by molar-refractivity contribution is 0.363. The van der Waals surface area contributed by atoms with Crippen LogP contribution in [0.5, 0.6) is 5.75 Å². The van der Waals surface area contributed by atoms with E-state index in [1.54, 1.807) is 0 Å². The second-order valence-corrected chi connectivity index (χ2v) is 5.19. The average molecular weight is 306 g/mol. The van der Waals surface area contributed by atoms with E-state index in [2.05, 4.69) is 28.4 Å². The van der Waals surface area contributed by atoms with Crippen LogP contribution in [0.15, 0.2) is 48.7 Å². The number of benzene rings is 1. The zero-order valence-electron chi connectivity index (χ0n) is 12.9. The number of terminal acetylenes is 1. The largest absolute Gasteiger partial charge is 0.481 e. The molecule has 0 saturated carbocycles. The van der Waals surface area contributed by atoms with Crippen LogP contribution >= 0.6 is 0 Å². The molecule has 0 amide bonds. The minimum absolute atomic E-state index is 0.0492. The highest BCUT2D eigenvalue weighted by atomic mass is 16.5. The van der Waals surface area contributed by atoms with E-state index in [0.29, 0.717) is 6.54 Å². The number of rotatable bonds is 6. The van der Waals surface area contributed by atoms with Crippen LogP contribution in [0.4, 0.5) is 0 Å². The standard InChI is InChI=1S/C18H18N4O/c1-3-12-23-16-9-5-4-8-15(16)13-19-14(2)18-21-20-17-10-6-7-11-22(17)18/h1,4-11,14,19H,12-13H2,2H3/t14-/m1/s1. The van der Waals surface area contributed by atoms with Crippen LogP contribution in [0.25, 0.3) is 5.65 Å². The number of hydrogen-bond acceptors (Lipinski definition) is 4. The van der Waals surface area contributed by atoms with E-state index >= 15 is 0 Å². The van der Waals surface area contributed by atoms with Crippen molar-refractivity contribution in [2.45, 2.75) is 19.5 Å². The van der Waals surface area contributed by atoms with Crippen LogP contribution in [0.3, 0.4) is 0 Å². The molecule has 5 nitrogen and oxygen atoms in total. The van der Waals surface area contributed by atoms with Crippen molar-refractivity contribution >= 4 is 5.65 Å². The molecule has 1 N–H and O–H groups in total. The molecule has 0 aliphatic carbocycles. The molecule has 2 aromatic heterocycles. The number of fused-ring (bicyclic) bond motifs is 1. The summed E-state index contributed by atoms with van der Waals surface area (Å²) < 4.78 is 7.55. The Labute approximate surface area is 135 Å². The van der Waals surface area contributed by atoms with E-state index in [1.807, 2.05) is 53.1 Å². The third-order valence-electron chi connectivity index (χ3n) is 3.61. The molecule has 1 aromatic carbocycles. The Balaban J connectivity index is 1.72. The van der Waals surface area contributed by atoms with Gasteiger partial charge in [-0.05, 0) is 25.1 Å². The minimum Gasteiger partial charge on any atom is -0.481 e. The Kier molecular flexibility index (Phi) is 4.55. The topological polar surface area (TPSA) is 51.5 Å². The van der Waals surface area contributed by atoms with Crippen molar-refractivity contribution in [3.05, 3.63) is 60.0 Å². The molecule has 3 rings (SSSR count). The van der Waals surface area contributed by atoms with Crippen molar-refractivity contribution in [3.63, 3.8) is 0 Å². The predicted molar refractivity (Wildman–Crippen MR) is 89.0 cm³/mol. The highest BCUT2D eigenvalue weighted by molar-refractivity contribution is 5.37. The first kappa shape index (κ1) is 15.1. The smallest absolute Gasteiger partial charge is 0.160 e. The van der Waals surface area contributed by atoms with Gasteiger partial charge >= 0.3 is 0 Å². The summed E-state index contributed by atoms with van der Waals surface area (Å²) in [6.07, 6.45) is 7.22. The molecule has 3 aromatic rings. The first-order valence-corrected chi connectivity index (χ1v) is 7.47. The molecule has 0 saturated heterocycles. The summed E-state index contributed by atoms with van der Waals surface area (Å²) >= 11 is 0. The number of ether oxygens (including phenoxy) is 1. The molecule has 0 radical (unpaired) electrons. The minimum atomic E-state index is 0.0492. The molecule has 2 heterocycles. The number of para-hydroxylation sites is 1. The summed E-state index contributed by atoms with van der Waals surface area (Å²) in [7, 11) is 0. The number of nitrogens with zero attached hydrogens (tertiary/aromatic N) is 3. The third kappa shape index (κ3) is 3.33. The summed E-state index contributed by atoms with van der Waals surface area (Å²) in [5.41, 5.74) is 1.90. The maximum absolute atomic E-state index is 5.57. The lowest BCUT2D eigenvalue weighted by Crippen LogP contribution is -2.20. The zero-order valence-corrected chi connectivity index (χ0v) is 12.9. The van der Waals surface area contributed by atoms with Crippen molar-refractivity contribution in [2.24, 2.45) is 0 Å². The molecule has 0 aliphatic heterocycles. The van der Waals surface area contributed by atoms with E-state index in [4.69, 9.17) is 11.2 Å². The Morgan fingerprint density at radius 1 is 1.22 bits per heavy atom. The summed E-state index contributed by atoms with van der Waals surface area (Å²) in [5, 5.41) is 11.9. The van der Waals surface area contributed by atoms with Crippen LogP contribution < -0.4 is 10.1 Å². The zero-order chi connectivity index (χ0) is 16.1. The van der Waals surface area contributed by atoms with Crippen LogP contribution in [0.2, 0.25) is 0 Å². The Morgan fingerprint density at radius 2 is 2.04 bits per heavy atom. The molecule has 0 fully saturated rings. The van der Waals surface area contributed by atoms with Gasteiger partial charge in [0.25, 0.3) is 0 Å². The quantitative estimate of drug-likeness (QED) is 0.711. The van der Waals surface area contributed by atoms with Gasteiger partial charge in [-0.2, -0.15) is 0 Å². The van der Waals surface area contributed by atoms with Crippen LogP contribution in [-0.4, -0.2) is 21.2 Å². The molecule has 116 valence electrons. The van der Waals surface area contributed by atoms with Crippen molar-refractivity contribution < 1.29 is 4.74 Å². The second-order valence-electron chi connectivity index (χ2n) is 5.19. The molecular weight excluding hydrogens is 288 g/mol. The third-order valence-corrected chi connectivity index (χ3v) is 3.61. The normalized spacial score (nSPS) is 12.0. The number of aromatic nitrogens is 3. The van der Waals surface area contributed by atoms with Crippen molar-refractivity contribution in [3.8, 4) is 18.1 Å². The van der Waals surface area contributed by atoms with Gasteiger partial charge in [-0.25, -0.2) is 0 Å². The second kappa shape index (κ2) is 6.95. The monoisotopic (exact) mass is 306 g/mol. The fourth-order valence-electron chi connectivity index (χ4n) is 2.42. The molecule has 0 spiro atoms. The molecular formula is C18H18N4O. The van der Waals surface area contributed by atoms with Gasteiger partial charge in [-0.1, -0.05) is 30.2 Å². The summed E-state index contributed by atoms with van der Waals surface area (Å²) in [6, 6.07) is 13.8. The van der Waals surface area contributed by atoms with E-state index < -0.39 is 0 Å². The molecule has 5 heteroatoms. The van der Waals surface area contributed by atoms with Gasteiger partial charge in [0.2, 0.25) is 0 Å². The summed E-state index contributed by atoms with van der Waals surface area (Å²) in [5.74, 6) is 4.17. The molecule has 0 bridgehead atoms. The van der Waals surface area contributed by atoms with Crippen LogP contribution in [0.1, 0.15) is 24.4 Å². The number of hydrogen-bond donors (Lipinski definition) is 1. The highest BCUT2D eigenvalue weighted by Gasteiger charge is 2.13. The Hall–Kier alpha value is -2.84. The van der Waals surface area contributed by atoms with Crippen LogP contribution in [0, 0.1) is 12.3 Å². The van der Waals surface area contributed by atoms with E-state index in [1.165, 1.54) is 0 Å².